The molecule has 0 aromatic carbocycles. The van der Waals surface area contributed by atoms with Gasteiger partial charge in [-0.05, 0) is 44.1 Å². The average molecular weight is 181 g/mol. The van der Waals surface area contributed by atoms with Crippen molar-refractivity contribution in [2.45, 2.75) is 51.5 Å². The maximum Gasteiger partial charge on any atom is 0.00949 e. The molecular weight excluding hydrogens is 158 g/mol. The third-order valence-corrected chi connectivity index (χ3v) is 4.18. The predicted octanol–water partition coefficient (Wildman–Crippen LogP) is 2.81. The van der Waals surface area contributed by atoms with E-state index in [1.54, 1.807) is 0 Å². The molecule has 0 saturated heterocycles. The zero-order valence-corrected chi connectivity index (χ0v) is 9.05. The summed E-state index contributed by atoms with van der Waals surface area (Å²) in [6, 6.07) is 0.804. The van der Waals surface area contributed by atoms with Crippen molar-refractivity contribution < 1.29 is 0 Å². The number of rotatable bonds is 5. The van der Waals surface area contributed by atoms with Gasteiger partial charge in [0, 0.05) is 6.04 Å². The van der Waals surface area contributed by atoms with Gasteiger partial charge in [0.2, 0.25) is 0 Å². The lowest BCUT2D eigenvalue weighted by Gasteiger charge is -2.32. The number of nitrogens with one attached hydrogen (secondary N) is 1. The van der Waals surface area contributed by atoms with Gasteiger partial charge in [0.05, 0.1) is 0 Å². The summed E-state index contributed by atoms with van der Waals surface area (Å²) in [5.41, 5.74) is 0. The molecule has 2 atom stereocenters. The summed E-state index contributed by atoms with van der Waals surface area (Å²) in [6.07, 6.45) is 8.90. The molecule has 1 nitrogen and oxygen atoms in total. The fourth-order valence-electron chi connectivity index (χ4n) is 2.63. The molecular formula is C12H23N. The van der Waals surface area contributed by atoms with Crippen LogP contribution in [0.5, 0.6) is 0 Å². The van der Waals surface area contributed by atoms with Crippen LogP contribution in [-0.2, 0) is 0 Å². The van der Waals surface area contributed by atoms with Crippen molar-refractivity contribution in [1.82, 2.24) is 5.32 Å². The molecule has 0 spiro atoms. The molecule has 0 aromatic heterocycles. The first-order chi connectivity index (χ1) is 6.31. The van der Waals surface area contributed by atoms with Crippen molar-refractivity contribution in [3.63, 3.8) is 0 Å². The molecule has 0 amide bonds. The molecule has 0 aliphatic heterocycles. The molecule has 2 rings (SSSR count). The monoisotopic (exact) mass is 181 g/mol. The summed E-state index contributed by atoms with van der Waals surface area (Å²) < 4.78 is 0. The molecule has 2 unspecified atom stereocenters. The van der Waals surface area contributed by atoms with Crippen molar-refractivity contribution in [3.8, 4) is 0 Å². The minimum absolute atomic E-state index is 0.804. The van der Waals surface area contributed by atoms with E-state index in [4.69, 9.17) is 0 Å². The molecule has 0 bridgehead atoms. The van der Waals surface area contributed by atoms with Gasteiger partial charge < -0.3 is 5.32 Å². The van der Waals surface area contributed by atoms with Gasteiger partial charge in [-0.1, -0.05) is 26.2 Å². The van der Waals surface area contributed by atoms with Gasteiger partial charge in [-0.25, -0.2) is 0 Å². The fourth-order valence-corrected chi connectivity index (χ4v) is 2.63. The summed E-state index contributed by atoms with van der Waals surface area (Å²) in [4.78, 5) is 0. The zero-order chi connectivity index (χ0) is 9.26. The van der Waals surface area contributed by atoms with Crippen LogP contribution in [0.1, 0.15) is 45.4 Å². The molecule has 0 aromatic rings. The van der Waals surface area contributed by atoms with Crippen molar-refractivity contribution in [3.05, 3.63) is 0 Å². The van der Waals surface area contributed by atoms with E-state index in [0.717, 1.165) is 23.8 Å². The second-order valence-electron chi connectivity index (χ2n) is 5.12. The van der Waals surface area contributed by atoms with Crippen LogP contribution in [0.3, 0.4) is 0 Å². The van der Waals surface area contributed by atoms with Gasteiger partial charge in [-0.3, -0.25) is 0 Å². The molecule has 76 valence electrons. The summed E-state index contributed by atoms with van der Waals surface area (Å²) in [7, 11) is 2.14. The Morgan fingerprint density at radius 1 is 1.23 bits per heavy atom. The zero-order valence-electron chi connectivity index (χ0n) is 9.05. The van der Waals surface area contributed by atoms with E-state index in [0.29, 0.717) is 0 Å². The van der Waals surface area contributed by atoms with Gasteiger partial charge in [-0.15, -0.1) is 0 Å². The van der Waals surface area contributed by atoms with E-state index in [1.807, 2.05) is 0 Å². The van der Waals surface area contributed by atoms with Crippen LogP contribution in [0, 0.1) is 17.8 Å². The van der Waals surface area contributed by atoms with Crippen molar-refractivity contribution in [1.29, 1.82) is 0 Å². The molecule has 2 aliphatic carbocycles. The summed E-state index contributed by atoms with van der Waals surface area (Å²) in [5, 5.41) is 3.52. The highest BCUT2D eigenvalue weighted by molar-refractivity contribution is 4.88. The topological polar surface area (TPSA) is 12.0 Å². The predicted molar refractivity (Wildman–Crippen MR) is 56.7 cm³/mol. The molecule has 0 heterocycles. The molecule has 2 fully saturated rings. The third-order valence-electron chi connectivity index (χ3n) is 4.18. The van der Waals surface area contributed by atoms with Crippen LogP contribution in [0.4, 0.5) is 0 Å². The van der Waals surface area contributed by atoms with Gasteiger partial charge in [0.15, 0.2) is 0 Å². The second kappa shape index (κ2) is 4.00. The van der Waals surface area contributed by atoms with Crippen LogP contribution in [-0.4, -0.2) is 13.1 Å². The highest BCUT2D eigenvalue weighted by Crippen LogP contribution is 2.41. The first-order valence-electron chi connectivity index (χ1n) is 5.98. The van der Waals surface area contributed by atoms with Crippen molar-refractivity contribution in [2.75, 3.05) is 7.05 Å². The van der Waals surface area contributed by atoms with Crippen LogP contribution >= 0.6 is 0 Å². The van der Waals surface area contributed by atoms with E-state index >= 15 is 0 Å². The first-order valence-corrected chi connectivity index (χ1v) is 5.98. The lowest BCUT2D eigenvalue weighted by atomic mass is 9.78. The Bertz CT molecular complexity index is 159. The summed E-state index contributed by atoms with van der Waals surface area (Å²) in [6.45, 7) is 2.44. The van der Waals surface area contributed by atoms with Crippen LogP contribution in [0.25, 0.3) is 0 Å². The lowest BCUT2D eigenvalue weighted by Crippen LogP contribution is -2.36. The van der Waals surface area contributed by atoms with Crippen LogP contribution in [0.2, 0.25) is 0 Å². The van der Waals surface area contributed by atoms with Gasteiger partial charge in [0.25, 0.3) is 0 Å². The van der Waals surface area contributed by atoms with E-state index in [2.05, 4.69) is 19.3 Å². The van der Waals surface area contributed by atoms with E-state index in [9.17, 15) is 0 Å². The van der Waals surface area contributed by atoms with E-state index in [-0.39, 0.29) is 0 Å². The Balaban J connectivity index is 1.76. The Morgan fingerprint density at radius 2 is 1.92 bits per heavy atom. The molecule has 13 heavy (non-hydrogen) atoms. The van der Waals surface area contributed by atoms with Crippen LogP contribution in [0.15, 0.2) is 0 Å². The Morgan fingerprint density at radius 3 is 2.31 bits per heavy atom. The smallest absolute Gasteiger partial charge is 0.00949 e. The normalized spacial score (nSPS) is 28.2. The van der Waals surface area contributed by atoms with Gasteiger partial charge in [-0.2, -0.15) is 0 Å². The fraction of sp³-hybridized carbons (Fsp3) is 1.00. The quantitative estimate of drug-likeness (QED) is 0.687. The highest BCUT2D eigenvalue weighted by Gasteiger charge is 2.34. The average Bonchev–Trinajstić information content (AvgIpc) is 2.84. The second-order valence-corrected chi connectivity index (χ2v) is 5.12. The number of hydrogen-bond acceptors (Lipinski definition) is 1. The van der Waals surface area contributed by atoms with Gasteiger partial charge >= 0.3 is 0 Å². The largest absolute Gasteiger partial charge is 0.317 e. The Hall–Kier alpha value is -0.0400. The molecule has 1 N–H and O–H groups in total. The minimum atomic E-state index is 0.804. The maximum absolute atomic E-state index is 3.52. The Labute approximate surface area is 82.3 Å². The summed E-state index contributed by atoms with van der Waals surface area (Å²) in [5.74, 6) is 3.03. The lowest BCUT2D eigenvalue weighted by molar-refractivity contribution is 0.224. The first kappa shape index (κ1) is 9.51. The molecule has 1 heteroatoms. The van der Waals surface area contributed by atoms with E-state index in [1.165, 1.54) is 38.5 Å². The molecule has 0 radical (unpaired) electrons. The summed E-state index contributed by atoms with van der Waals surface area (Å²) >= 11 is 0. The molecule has 2 aliphatic rings. The van der Waals surface area contributed by atoms with Crippen LogP contribution < -0.4 is 5.32 Å². The number of hydrogen-bond donors (Lipinski definition) is 1. The highest BCUT2D eigenvalue weighted by atomic mass is 14.9. The SMILES string of the molecule is CNC(CC1CCC1)C(C)C1CC1. The van der Waals surface area contributed by atoms with E-state index < -0.39 is 0 Å². The van der Waals surface area contributed by atoms with Crippen molar-refractivity contribution >= 4 is 0 Å². The maximum atomic E-state index is 3.52. The molecule has 2 saturated carbocycles. The third kappa shape index (κ3) is 2.25. The standard InChI is InChI=1S/C12H23N/c1-9(11-6-7-11)12(13-2)8-10-4-3-5-10/h9-13H,3-8H2,1-2H3. The minimum Gasteiger partial charge on any atom is -0.317 e. The van der Waals surface area contributed by atoms with Crippen molar-refractivity contribution in [2.24, 2.45) is 17.8 Å². The Kier molecular flexibility index (Phi) is 2.92. The van der Waals surface area contributed by atoms with Gasteiger partial charge in [0.1, 0.15) is 0 Å².